The Hall–Kier alpha value is -0.850. The zero-order valence-electron chi connectivity index (χ0n) is 9.02. The van der Waals surface area contributed by atoms with E-state index < -0.39 is 0 Å². The predicted octanol–water partition coefficient (Wildman–Crippen LogP) is 2.59. The highest BCUT2D eigenvalue weighted by atomic mass is 127. The van der Waals surface area contributed by atoms with Crippen LogP contribution in [-0.2, 0) is 0 Å². The van der Waals surface area contributed by atoms with E-state index in [1.165, 1.54) is 12.8 Å². The Balaban J connectivity index is 2.16. The SMILES string of the molecule is C[C@H]1C[C@@H](n2cc(I)c3c(N)ncnc32)C1. The van der Waals surface area contributed by atoms with Gasteiger partial charge in [-0.2, -0.15) is 0 Å². The van der Waals surface area contributed by atoms with Crippen LogP contribution in [0.5, 0.6) is 0 Å². The number of nitrogens with two attached hydrogens (primary N) is 1. The molecule has 84 valence electrons. The molecule has 0 bridgehead atoms. The van der Waals surface area contributed by atoms with Crippen LogP contribution in [0.25, 0.3) is 11.0 Å². The smallest absolute Gasteiger partial charge is 0.146 e. The molecule has 2 aromatic rings. The molecule has 4 nitrogen and oxygen atoms in total. The third-order valence-electron chi connectivity index (χ3n) is 3.33. The number of hydrogen-bond acceptors (Lipinski definition) is 3. The predicted molar refractivity (Wildman–Crippen MR) is 72.1 cm³/mol. The van der Waals surface area contributed by atoms with E-state index >= 15 is 0 Å². The summed E-state index contributed by atoms with van der Waals surface area (Å²) in [5.74, 6) is 1.42. The number of fused-ring (bicyclic) bond motifs is 1. The summed E-state index contributed by atoms with van der Waals surface area (Å²) in [6.45, 7) is 2.29. The lowest BCUT2D eigenvalue weighted by Crippen LogP contribution is -2.24. The lowest BCUT2D eigenvalue weighted by atomic mass is 9.82. The van der Waals surface area contributed by atoms with Gasteiger partial charge in [0.1, 0.15) is 17.8 Å². The standard InChI is InChI=1S/C11H13IN4/c1-6-2-7(3-6)16-4-8(12)9-10(13)14-5-15-11(9)16/h4-7H,2-3H2,1H3,(H2,13,14,15)/t6-,7+. The maximum atomic E-state index is 5.89. The average molecular weight is 328 g/mol. The highest BCUT2D eigenvalue weighted by molar-refractivity contribution is 14.1. The second kappa shape index (κ2) is 3.58. The van der Waals surface area contributed by atoms with Gasteiger partial charge in [-0.1, -0.05) is 6.92 Å². The minimum absolute atomic E-state index is 0.584. The van der Waals surface area contributed by atoms with Crippen LogP contribution in [0, 0.1) is 9.49 Å². The molecule has 1 aliphatic rings. The van der Waals surface area contributed by atoms with Gasteiger partial charge >= 0.3 is 0 Å². The van der Waals surface area contributed by atoms with Crippen LogP contribution < -0.4 is 5.73 Å². The van der Waals surface area contributed by atoms with Crippen molar-refractivity contribution in [3.63, 3.8) is 0 Å². The van der Waals surface area contributed by atoms with Gasteiger partial charge < -0.3 is 10.3 Å². The summed E-state index contributed by atoms with van der Waals surface area (Å²) in [5.41, 5.74) is 6.87. The fourth-order valence-electron chi connectivity index (χ4n) is 2.43. The molecule has 2 N–H and O–H groups in total. The number of hydrogen-bond donors (Lipinski definition) is 1. The summed E-state index contributed by atoms with van der Waals surface area (Å²) in [5, 5.41) is 1.00. The Morgan fingerprint density at radius 3 is 2.88 bits per heavy atom. The molecule has 0 spiro atoms. The first-order chi connectivity index (χ1) is 7.66. The van der Waals surface area contributed by atoms with E-state index in [0.29, 0.717) is 11.9 Å². The van der Waals surface area contributed by atoms with Crippen molar-refractivity contribution in [3.8, 4) is 0 Å². The van der Waals surface area contributed by atoms with E-state index in [2.05, 4.69) is 50.2 Å². The number of halogens is 1. The van der Waals surface area contributed by atoms with Crippen LogP contribution in [0.2, 0.25) is 0 Å². The highest BCUT2D eigenvalue weighted by Gasteiger charge is 2.28. The molecule has 0 atom stereocenters. The van der Waals surface area contributed by atoms with Crippen molar-refractivity contribution >= 4 is 39.4 Å². The normalized spacial score (nSPS) is 24.6. The number of nitrogen functional groups attached to an aromatic ring is 1. The molecule has 1 aliphatic carbocycles. The lowest BCUT2D eigenvalue weighted by Gasteiger charge is -2.34. The van der Waals surface area contributed by atoms with Crippen LogP contribution in [0.1, 0.15) is 25.8 Å². The van der Waals surface area contributed by atoms with Gasteiger partial charge in [-0.05, 0) is 41.4 Å². The Kier molecular flexibility index (Phi) is 2.31. The molecule has 3 rings (SSSR count). The Morgan fingerprint density at radius 2 is 2.19 bits per heavy atom. The molecule has 16 heavy (non-hydrogen) atoms. The van der Waals surface area contributed by atoms with Crippen molar-refractivity contribution in [2.45, 2.75) is 25.8 Å². The van der Waals surface area contributed by atoms with Crippen LogP contribution in [0.3, 0.4) is 0 Å². The van der Waals surface area contributed by atoms with Gasteiger partial charge in [-0.3, -0.25) is 0 Å². The van der Waals surface area contributed by atoms with E-state index in [9.17, 15) is 0 Å². The summed E-state index contributed by atoms with van der Waals surface area (Å²) >= 11 is 2.30. The molecule has 0 aliphatic heterocycles. The van der Waals surface area contributed by atoms with Gasteiger partial charge in [0, 0.05) is 15.8 Å². The molecular formula is C11H13IN4. The van der Waals surface area contributed by atoms with Gasteiger partial charge in [0.05, 0.1) is 5.39 Å². The molecular weight excluding hydrogens is 315 g/mol. The van der Waals surface area contributed by atoms with Crippen LogP contribution >= 0.6 is 22.6 Å². The zero-order valence-corrected chi connectivity index (χ0v) is 11.2. The van der Waals surface area contributed by atoms with E-state index in [0.717, 1.165) is 20.5 Å². The zero-order chi connectivity index (χ0) is 11.3. The third kappa shape index (κ3) is 1.41. The Morgan fingerprint density at radius 1 is 1.44 bits per heavy atom. The van der Waals surface area contributed by atoms with E-state index in [4.69, 9.17) is 5.73 Å². The minimum Gasteiger partial charge on any atom is -0.383 e. The molecule has 2 heterocycles. The lowest BCUT2D eigenvalue weighted by molar-refractivity contribution is 0.220. The highest BCUT2D eigenvalue weighted by Crippen LogP contribution is 2.40. The number of aromatic nitrogens is 3. The number of rotatable bonds is 1. The molecule has 2 aromatic heterocycles. The second-order valence-corrected chi connectivity index (χ2v) is 5.73. The van der Waals surface area contributed by atoms with E-state index in [1.807, 2.05) is 0 Å². The molecule has 0 aromatic carbocycles. The van der Waals surface area contributed by atoms with Crippen molar-refractivity contribution in [1.29, 1.82) is 0 Å². The summed E-state index contributed by atoms with van der Waals surface area (Å²) in [4.78, 5) is 8.41. The maximum absolute atomic E-state index is 5.89. The van der Waals surface area contributed by atoms with E-state index in [-0.39, 0.29) is 0 Å². The summed E-state index contributed by atoms with van der Waals surface area (Å²) in [7, 11) is 0. The van der Waals surface area contributed by atoms with Gasteiger partial charge in [0.15, 0.2) is 0 Å². The molecule has 1 fully saturated rings. The van der Waals surface area contributed by atoms with Crippen LogP contribution in [0.4, 0.5) is 5.82 Å². The Labute approximate surface area is 107 Å². The van der Waals surface area contributed by atoms with Crippen LogP contribution in [0.15, 0.2) is 12.5 Å². The first-order valence-corrected chi connectivity index (χ1v) is 6.51. The van der Waals surface area contributed by atoms with Crippen LogP contribution in [-0.4, -0.2) is 14.5 Å². The topological polar surface area (TPSA) is 56.7 Å². The summed E-state index contributed by atoms with van der Waals surface area (Å²) in [6.07, 6.45) is 6.17. The molecule has 0 radical (unpaired) electrons. The number of anilines is 1. The van der Waals surface area contributed by atoms with Gasteiger partial charge in [0.2, 0.25) is 0 Å². The van der Waals surface area contributed by atoms with Crippen molar-refractivity contribution in [3.05, 3.63) is 16.1 Å². The van der Waals surface area contributed by atoms with Crippen molar-refractivity contribution in [1.82, 2.24) is 14.5 Å². The minimum atomic E-state index is 0.584. The van der Waals surface area contributed by atoms with Gasteiger partial charge in [-0.25, -0.2) is 9.97 Å². The summed E-state index contributed by atoms with van der Waals surface area (Å²) < 4.78 is 3.40. The fraction of sp³-hybridized carbons (Fsp3) is 0.455. The molecule has 1 saturated carbocycles. The molecule has 5 heteroatoms. The molecule has 0 unspecified atom stereocenters. The third-order valence-corrected chi connectivity index (χ3v) is 4.15. The Bertz CT molecular complexity index is 542. The second-order valence-electron chi connectivity index (χ2n) is 4.57. The fourth-order valence-corrected chi connectivity index (χ4v) is 3.25. The van der Waals surface area contributed by atoms with Gasteiger partial charge in [0.25, 0.3) is 0 Å². The molecule has 0 amide bonds. The quantitative estimate of drug-likeness (QED) is 0.819. The molecule has 0 saturated heterocycles. The van der Waals surface area contributed by atoms with Crippen molar-refractivity contribution < 1.29 is 0 Å². The van der Waals surface area contributed by atoms with Crippen molar-refractivity contribution in [2.75, 3.05) is 5.73 Å². The first kappa shape index (κ1) is 10.3. The van der Waals surface area contributed by atoms with E-state index in [1.54, 1.807) is 6.33 Å². The van der Waals surface area contributed by atoms with Crippen molar-refractivity contribution in [2.24, 2.45) is 5.92 Å². The number of nitrogens with zero attached hydrogens (tertiary/aromatic N) is 3. The summed E-state index contributed by atoms with van der Waals surface area (Å²) in [6, 6.07) is 0.593. The first-order valence-electron chi connectivity index (χ1n) is 5.43. The average Bonchev–Trinajstić information content (AvgIpc) is 2.53. The van der Waals surface area contributed by atoms with Gasteiger partial charge in [-0.15, -0.1) is 0 Å². The maximum Gasteiger partial charge on any atom is 0.146 e. The largest absolute Gasteiger partial charge is 0.383 e. The monoisotopic (exact) mass is 328 g/mol.